The molecule has 0 radical (unpaired) electrons. The van der Waals surface area contributed by atoms with Gasteiger partial charge in [0.1, 0.15) is 12.1 Å². The third-order valence-corrected chi connectivity index (χ3v) is 5.56. The van der Waals surface area contributed by atoms with Crippen molar-refractivity contribution in [2.45, 2.75) is 38.6 Å². The Morgan fingerprint density at radius 3 is 2.48 bits per heavy atom. The number of carbonyl (C=O) groups excluding carboxylic acids is 4. The molecule has 1 saturated carbocycles. The molecular formula is C20H20ClN3O5. The molecule has 1 aromatic carbocycles. The van der Waals surface area contributed by atoms with Crippen LogP contribution in [0.2, 0.25) is 5.02 Å². The summed E-state index contributed by atoms with van der Waals surface area (Å²) in [6.07, 6.45) is 3.08. The second kappa shape index (κ2) is 8.62. The molecule has 0 unspecified atom stereocenters. The highest BCUT2D eigenvalue weighted by molar-refractivity contribution is 6.31. The van der Waals surface area contributed by atoms with Crippen molar-refractivity contribution in [3.63, 3.8) is 0 Å². The first-order chi connectivity index (χ1) is 13.8. The van der Waals surface area contributed by atoms with Gasteiger partial charge in [0.2, 0.25) is 11.8 Å². The van der Waals surface area contributed by atoms with Gasteiger partial charge in [-0.15, -0.1) is 0 Å². The zero-order valence-electron chi connectivity index (χ0n) is 15.8. The number of nitrogens with zero attached hydrogens (tertiary/aromatic N) is 2. The topological polar surface area (TPSA) is 117 Å². The molecule has 8 nitrogen and oxygen atoms in total. The van der Waals surface area contributed by atoms with Crippen LogP contribution in [0, 0.1) is 23.2 Å². The zero-order valence-corrected chi connectivity index (χ0v) is 16.6. The third kappa shape index (κ3) is 4.25. The van der Waals surface area contributed by atoms with Gasteiger partial charge in [-0.05, 0) is 38.0 Å². The van der Waals surface area contributed by atoms with E-state index in [1.165, 1.54) is 25.1 Å². The molecule has 9 heteroatoms. The molecule has 2 fully saturated rings. The lowest BCUT2D eigenvalue weighted by atomic mass is 9.81. The number of imide groups is 1. The number of carbonyl (C=O) groups is 4. The van der Waals surface area contributed by atoms with Crippen molar-refractivity contribution < 1.29 is 23.9 Å². The summed E-state index contributed by atoms with van der Waals surface area (Å²) < 4.78 is 4.99. The van der Waals surface area contributed by atoms with Crippen molar-refractivity contribution in [1.82, 2.24) is 4.90 Å². The van der Waals surface area contributed by atoms with Crippen molar-refractivity contribution in [2.24, 2.45) is 11.8 Å². The first-order valence-electron chi connectivity index (χ1n) is 9.36. The van der Waals surface area contributed by atoms with E-state index in [0.717, 1.165) is 17.7 Å². The number of nitriles is 1. The Bertz CT molecular complexity index is 886. The molecular weight excluding hydrogens is 398 g/mol. The van der Waals surface area contributed by atoms with Gasteiger partial charge in [-0.3, -0.25) is 19.3 Å². The van der Waals surface area contributed by atoms with Gasteiger partial charge < -0.3 is 10.1 Å². The fourth-order valence-electron chi connectivity index (χ4n) is 3.84. The number of halogens is 1. The first-order valence-corrected chi connectivity index (χ1v) is 9.74. The van der Waals surface area contributed by atoms with Crippen LogP contribution >= 0.6 is 11.6 Å². The quantitative estimate of drug-likeness (QED) is 0.580. The van der Waals surface area contributed by atoms with Gasteiger partial charge in [0.05, 0.1) is 23.1 Å². The summed E-state index contributed by atoms with van der Waals surface area (Å²) in [5.74, 6) is -2.91. The standard InChI is InChI=1S/C20H20ClN3O5/c1-11(24-18(26)14-4-2-3-5-15(14)19(24)27)20(28)29-10-17(25)23-16-8-13(21)7-6-12(16)9-22/h6-8,11,14-15H,2-5,10H2,1H3,(H,23,25)/t11-,14-,15-/m0/s1. The number of fused-ring (bicyclic) bond motifs is 1. The molecule has 0 spiro atoms. The van der Waals surface area contributed by atoms with Gasteiger partial charge in [0.25, 0.3) is 5.91 Å². The maximum Gasteiger partial charge on any atom is 0.329 e. The van der Waals surface area contributed by atoms with E-state index >= 15 is 0 Å². The van der Waals surface area contributed by atoms with Gasteiger partial charge in [0, 0.05) is 5.02 Å². The minimum atomic E-state index is -1.10. The molecule has 2 aliphatic rings. The predicted octanol–water partition coefficient (Wildman–Crippen LogP) is 2.26. The summed E-state index contributed by atoms with van der Waals surface area (Å²) in [5, 5.41) is 11.9. The Morgan fingerprint density at radius 1 is 1.28 bits per heavy atom. The number of hydrogen-bond acceptors (Lipinski definition) is 6. The van der Waals surface area contributed by atoms with Gasteiger partial charge in [-0.25, -0.2) is 4.79 Å². The Morgan fingerprint density at radius 2 is 1.90 bits per heavy atom. The van der Waals surface area contributed by atoms with Gasteiger partial charge in [0.15, 0.2) is 6.61 Å². The van der Waals surface area contributed by atoms with Crippen LogP contribution in [0.15, 0.2) is 18.2 Å². The van der Waals surface area contributed by atoms with E-state index in [2.05, 4.69) is 5.32 Å². The van der Waals surface area contributed by atoms with E-state index in [1.807, 2.05) is 6.07 Å². The second-order valence-electron chi connectivity index (χ2n) is 7.18. The molecule has 0 bridgehead atoms. The molecule has 3 atom stereocenters. The lowest BCUT2D eigenvalue weighted by Crippen LogP contribution is -2.45. The molecule has 1 N–H and O–H groups in total. The molecule has 1 aliphatic heterocycles. The van der Waals surface area contributed by atoms with E-state index in [1.54, 1.807) is 0 Å². The molecule has 3 rings (SSSR count). The largest absolute Gasteiger partial charge is 0.454 e. The molecule has 1 aliphatic carbocycles. The molecule has 152 valence electrons. The van der Waals surface area contributed by atoms with Crippen molar-refractivity contribution in [2.75, 3.05) is 11.9 Å². The Labute approximate surface area is 172 Å². The minimum Gasteiger partial charge on any atom is -0.454 e. The second-order valence-corrected chi connectivity index (χ2v) is 7.61. The molecule has 29 heavy (non-hydrogen) atoms. The maximum atomic E-state index is 12.6. The number of hydrogen-bond donors (Lipinski definition) is 1. The third-order valence-electron chi connectivity index (χ3n) is 5.33. The van der Waals surface area contributed by atoms with Crippen molar-refractivity contribution in [3.05, 3.63) is 28.8 Å². The number of esters is 1. The lowest BCUT2D eigenvalue weighted by molar-refractivity contribution is -0.159. The predicted molar refractivity (Wildman–Crippen MR) is 103 cm³/mol. The van der Waals surface area contributed by atoms with Crippen molar-refractivity contribution >= 4 is 41.0 Å². The molecule has 1 aromatic rings. The van der Waals surface area contributed by atoms with Crippen molar-refractivity contribution in [1.29, 1.82) is 5.26 Å². The molecule has 1 heterocycles. The van der Waals surface area contributed by atoms with Gasteiger partial charge in [-0.1, -0.05) is 24.4 Å². The van der Waals surface area contributed by atoms with E-state index in [9.17, 15) is 19.2 Å². The van der Waals surface area contributed by atoms with Crippen LogP contribution in [-0.2, 0) is 23.9 Å². The van der Waals surface area contributed by atoms with Crippen LogP contribution < -0.4 is 5.32 Å². The Kier molecular flexibility index (Phi) is 6.18. The molecule has 3 amide bonds. The average molecular weight is 418 g/mol. The monoisotopic (exact) mass is 417 g/mol. The summed E-state index contributed by atoms with van der Waals surface area (Å²) in [4.78, 5) is 50.5. The summed E-state index contributed by atoms with van der Waals surface area (Å²) in [7, 11) is 0. The smallest absolute Gasteiger partial charge is 0.329 e. The zero-order chi connectivity index (χ0) is 21.1. The van der Waals surface area contributed by atoms with E-state index in [0.29, 0.717) is 17.9 Å². The number of anilines is 1. The highest BCUT2D eigenvalue weighted by Gasteiger charge is 2.51. The highest BCUT2D eigenvalue weighted by atomic mass is 35.5. The lowest BCUT2D eigenvalue weighted by Gasteiger charge is -2.21. The number of benzene rings is 1. The minimum absolute atomic E-state index is 0.197. The molecule has 1 saturated heterocycles. The summed E-state index contributed by atoms with van der Waals surface area (Å²) in [6.45, 7) is 0.793. The van der Waals surface area contributed by atoms with Crippen LogP contribution in [0.3, 0.4) is 0 Å². The number of ether oxygens (including phenoxy) is 1. The van der Waals surface area contributed by atoms with Crippen LogP contribution in [0.25, 0.3) is 0 Å². The highest BCUT2D eigenvalue weighted by Crippen LogP contribution is 2.38. The van der Waals surface area contributed by atoms with Gasteiger partial charge >= 0.3 is 5.97 Å². The van der Waals surface area contributed by atoms with Gasteiger partial charge in [-0.2, -0.15) is 5.26 Å². The maximum absolute atomic E-state index is 12.6. The normalized spacial score (nSPS) is 21.9. The van der Waals surface area contributed by atoms with Crippen LogP contribution in [0.1, 0.15) is 38.2 Å². The Hall–Kier alpha value is -2.92. The Balaban J connectivity index is 1.58. The van der Waals surface area contributed by atoms with E-state index < -0.39 is 24.5 Å². The van der Waals surface area contributed by atoms with Crippen LogP contribution in [-0.4, -0.2) is 41.2 Å². The van der Waals surface area contributed by atoms with Crippen LogP contribution in [0.4, 0.5) is 5.69 Å². The van der Waals surface area contributed by atoms with Crippen molar-refractivity contribution in [3.8, 4) is 6.07 Å². The van der Waals surface area contributed by atoms with E-state index in [-0.39, 0.29) is 34.9 Å². The van der Waals surface area contributed by atoms with E-state index in [4.69, 9.17) is 21.6 Å². The average Bonchev–Trinajstić information content (AvgIpc) is 2.96. The summed E-state index contributed by atoms with van der Waals surface area (Å²) in [5.41, 5.74) is 0.404. The summed E-state index contributed by atoms with van der Waals surface area (Å²) in [6, 6.07) is 5.19. The SMILES string of the molecule is C[C@@H](C(=O)OCC(=O)Nc1cc(Cl)ccc1C#N)N1C(=O)[C@H]2CCCC[C@@H]2C1=O. The number of nitrogens with one attached hydrogen (secondary N) is 1. The van der Waals surface area contributed by atoms with Crippen LogP contribution in [0.5, 0.6) is 0 Å². The number of rotatable bonds is 5. The first kappa shape index (κ1) is 20.8. The number of likely N-dealkylation sites (tertiary alicyclic amines) is 1. The number of amides is 3. The summed E-state index contributed by atoms with van der Waals surface area (Å²) >= 11 is 5.86. The fraction of sp³-hybridized carbons (Fsp3) is 0.450. The fourth-order valence-corrected chi connectivity index (χ4v) is 4.01. The molecule has 0 aromatic heterocycles.